The van der Waals surface area contributed by atoms with Gasteiger partial charge in [0.05, 0.1) is 18.2 Å². The zero-order valence-corrected chi connectivity index (χ0v) is 18.8. The predicted octanol–water partition coefficient (Wildman–Crippen LogP) is 5.43. The molecule has 0 radical (unpaired) electrons. The highest BCUT2D eigenvalue weighted by Crippen LogP contribution is 2.35. The minimum Gasteiger partial charge on any atom is -0.477 e. The molecule has 1 aliphatic heterocycles. The van der Waals surface area contributed by atoms with Crippen LogP contribution < -0.4 is 10.2 Å². The number of anilines is 3. The van der Waals surface area contributed by atoms with Crippen molar-refractivity contribution in [2.45, 2.75) is 0 Å². The summed E-state index contributed by atoms with van der Waals surface area (Å²) >= 11 is 7.14. The molecule has 1 aliphatic rings. The summed E-state index contributed by atoms with van der Waals surface area (Å²) in [6.45, 7) is 2.53. The van der Waals surface area contributed by atoms with Crippen molar-refractivity contribution in [3.05, 3.63) is 64.4 Å². The van der Waals surface area contributed by atoms with Gasteiger partial charge in [-0.1, -0.05) is 17.7 Å². The molecule has 2 N–H and O–H groups in total. The molecule has 2 aromatic heterocycles. The van der Waals surface area contributed by atoms with Crippen LogP contribution >= 0.6 is 22.9 Å². The minimum absolute atomic E-state index is 0.00909. The fourth-order valence-corrected chi connectivity index (χ4v) is 4.73. The highest BCUT2D eigenvalue weighted by molar-refractivity contribution is 7.20. The molecule has 168 valence electrons. The highest BCUT2D eigenvalue weighted by atomic mass is 35.5. The van der Waals surface area contributed by atoms with E-state index in [9.17, 15) is 14.3 Å². The number of halogens is 2. The molecule has 0 unspecified atom stereocenters. The van der Waals surface area contributed by atoms with Gasteiger partial charge in [-0.15, -0.1) is 11.3 Å². The van der Waals surface area contributed by atoms with Gasteiger partial charge >= 0.3 is 5.97 Å². The van der Waals surface area contributed by atoms with E-state index < -0.39 is 11.8 Å². The number of nitrogens with one attached hydrogen (secondary N) is 1. The first-order valence-corrected chi connectivity index (χ1v) is 11.4. The smallest absolute Gasteiger partial charge is 0.345 e. The van der Waals surface area contributed by atoms with Crippen molar-refractivity contribution in [1.82, 2.24) is 9.97 Å². The molecule has 4 aromatic rings. The molecule has 5 rings (SSSR count). The van der Waals surface area contributed by atoms with E-state index in [2.05, 4.69) is 15.2 Å². The van der Waals surface area contributed by atoms with Crippen LogP contribution in [0.3, 0.4) is 0 Å². The number of aromatic nitrogens is 2. The second-order valence-electron chi connectivity index (χ2n) is 7.45. The number of rotatable bonds is 5. The molecule has 3 heterocycles. The van der Waals surface area contributed by atoms with E-state index in [4.69, 9.17) is 21.3 Å². The van der Waals surface area contributed by atoms with Crippen LogP contribution in [-0.4, -0.2) is 47.3 Å². The van der Waals surface area contributed by atoms with Gasteiger partial charge in [-0.25, -0.2) is 14.2 Å². The second kappa shape index (κ2) is 8.93. The summed E-state index contributed by atoms with van der Waals surface area (Å²) in [5, 5.41) is 13.2. The normalized spacial score (nSPS) is 13.9. The Morgan fingerprint density at radius 3 is 2.76 bits per heavy atom. The summed E-state index contributed by atoms with van der Waals surface area (Å²) in [5.41, 5.74) is 2.28. The summed E-state index contributed by atoms with van der Waals surface area (Å²) in [6, 6.07) is 11.8. The van der Waals surface area contributed by atoms with Crippen LogP contribution in [0.1, 0.15) is 9.67 Å². The van der Waals surface area contributed by atoms with Crippen LogP contribution in [0, 0.1) is 5.82 Å². The maximum absolute atomic E-state index is 13.5. The Morgan fingerprint density at radius 1 is 1.18 bits per heavy atom. The second-order valence-corrected chi connectivity index (χ2v) is 8.94. The third kappa shape index (κ3) is 4.47. The zero-order valence-electron chi connectivity index (χ0n) is 17.2. The van der Waals surface area contributed by atoms with Crippen LogP contribution in [0.5, 0.6) is 0 Å². The van der Waals surface area contributed by atoms with E-state index in [1.165, 1.54) is 23.5 Å². The Hall–Kier alpha value is -3.27. The summed E-state index contributed by atoms with van der Waals surface area (Å²) in [6.07, 6.45) is 1.73. The number of carboxylic acids is 1. The summed E-state index contributed by atoms with van der Waals surface area (Å²) in [7, 11) is 0. The molecule has 0 atom stereocenters. The predicted molar refractivity (Wildman–Crippen MR) is 128 cm³/mol. The lowest BCUT2D eigenvalue weighted by Crippen LogP contribution is -2.37. The standard InChI is InChI=1S/C23H18ClFN4O3S/c24-17-11-15(2-3-18(17)25)27-23-26-12-16(21(28-23)29-5-7-32-8-6-29)13-1-4-19-14(9-13)10-20(33-19)22(30)31/h1-4,9-12H,5-8H2,(H,30,31)(H,26,27,28). The highest BCUT2D eigenvalue weighted by Gasteiger charge is 2.20. The van der Waals surface area contributed by atoms with Crippen LogP contribution in [0.2, 0.25) is 5.02 Å². The Morgan fingerprint density at radius 2 is 2.00 bits per heavy atom. The van der Waals surface area contributed by atoms with Gasteiger partial charge in [0.1, 0.15) is 16.5 Å². The van der Waals surface area contributed by atoms with Gasteiger partial charge in [-0.2, -0.15) is 4.98 Å². The number of ether oxygens (including phenoxy) is 1. The average Bonchev–Trinajstić information content (AvgIpc) is 3.26. The number of carboxylic acid groups (broad SMARTS) is 1. The first-order chi connectivity index (χ1) is 16.0. The van der Waals surface area contributed by atoms with E-state index in [0.29, 0.717) is 42.8 Å². The van der Waals surface area contributed by atoms with E-state index >= 15 is 0 Å². The van der Waals surface area contributed by atoms with Crippen molar-refractivity contribution < 1.29 is 19.0 Å². The molecular weight excluding hydrogens is 467 g/mol. The average molecular weight is 485 g/mol. The van der Waals surface area contributed by atoms with E-state index in [-0.39, 0.29) is 5.02 Å². The largest absolute Gasteiger partial charge is 0.477 e. The van der Waals surface area contributed by atoms with Crippen molar-refractivity contribution >= 4 is 56.4 Å². The quantitative estimate of drug-likeness (QED) is 0.390. The van der Waals surface area contributed by atoms with Crippen LogP contribution in [-0.2, 0) is 4.74 Å². The Kier molecular flexibility index (Phi) is 5.84. The lowest BCUT2D eigenvalue weighted by molar-refractivity contribution is 0.0702. The van der Waals surface area contributed by atoms with Crippen molar-refractivity contribution in [3.8, 4) is 11.1 Å². The third-order valence-electron chi connectivity index (χ3n) is 5.29. The molecule has 0 spiro atoms. The molecule has 1 fully saturated rings. The molecule has 7 nitrogen and oxygen atoms in total. The van der Waals surface area contributed by atoms with Crippen molar-refractivity contribution in [2.75, 3.05) is 36.5 Å². The van der Waals surface area contributed by atoms with Gasteiger partial charge in [0.25, 0.3) is 0 Å². The molecule has 0 aliphatic carbocycles. The van der Waals surface area contributed by atoms with Crippen LogP contribution in [0.4, 0.5) is 21.8 Å². The van der Waals surface area contributed by atoms with Crippen LogP contribution in [0.15, 0.2) is 48.7 Å². The van der Waals surface area contributed by atoms with Crippen molar-refractivity contribution in [1.29, 1.82) is 0 Å². The third-order valence-corrected chi connectivity index (χ3v) is 6.69. The van der Waals surface area contributed by atoms with Gasteiger partial charge in [0.2, 0.25) is 5.95 Å². The molecular formula is C23H18ClFN4O3S. The van der Waals surface area contributed by atoms with Gasteiger partial charge in [0.15, 0.2) is 0 Å². The number of carbonyl (C=O) groups is 1. The number of thiophene rings is 1. The first-order valence-electron chi connectivity index (χ1n) is 10.2. The van der Waals surface area contributed by atoms with Crippen molar-refractivity contribution in [3.63, 3.8) is 0 Å². The number of aromatic carboxylic acids is 1. The Labute approximate surface area is 197 Å². The number of benzene rings is 2. The Balaban J connectivity index is 1.55. The maximum Gasteiger partial charge on any atom is 0.345 e. The summed E-state index contributed by atoms with van der Waals surface area (Å²) in [5.74, 6) is -0.349. The lowest BCUT2D eigenvalue weighted by Gasteiger charge is -2.29. The van der Waals surface area contributed by atoms with E-state index in [1.54, 1.807) is 18.3 Å². The monoisotopic (exact) mass is 484 g/mol. The molecule has 0 amide bonds. The lowest BCUT2D eigenvalue weighted by atomic mass is 10.1. The Bertz CT molecular complexity index is 1360. The minimum atomic E-state index is -0.939. The molecule has 1 saturated heterocycles. The molecule has 0 bridgehead atoms. The van der Waals surface area contributed by atoms with Crippen LogP contribution in [0.25, 0.3) is 21.2 Å². The number of morpholine rings is 1. The molecule has 10 heteroatoms. The van der Waals surface area contributed by atoms with Crippen molar-refractivity contribution in [2.24, 2.45) is 0 Å². The fourth-order valence-electron chi connectivity index (χ4n) is 3.67. The van der Waals surface area contributed by atoms with Gasteiger partial charge < -0.3 is 20.1 Å². The number of fused-ring (bicyclic) bond motifs is 1. The van der Waals surface area contributed by atoms with E-state index in [0.717, 1.165) is 27.0 Å². The molecule has 33 heavy (non-hydrogen) atoms. The van der Waals surface area contributed by atoms with E-state index in [1.807, 2.05) is 18.2 Å². The SMILES string of the molecule is O=C(O)c1cc2cc(-c3cnc(Nc4ccc(F)c(Cl)c4)nc3N3CCOCC3)ccc2s1. The van der Waals surface area contributed by atoms with Gasteiger partial charge in [0, 0.05) is 35.2 Å². The molecule has 0 saturated carbocycles. The number of hydrogen-bond donors (Lipinski definition) is 2. The first kappa shape index (κ1) is 21.6. The number of hydrogen-bond acceptors (Lipinski definition) is 7. The summed E-state index contributed by atoms with van der Waals surface area (Å²) < 4.78 is 19.9. The zero-order chi connectivity index (χ0) is 22.9. The fraction of sp³-hybridized carbons (Fsp3) is 0.174. The molecule has 2 aromatic carbocycles. The summed E-state index contributed by atoms with van der Waals surface area (Å²) in [4.78, 5) is 23.0. The maximum atomic E-state index is 13.5. The topological polar surface area (TPSA) is 87.6 Å². The van der Waals surface area contributed by atoms with Gasteiger partial charge in [-0.3, -0.25) is 0 Å². The number of nitrogens with zero attached hydrogens (tertiary/aromatic N) is 3. The van der Waals surface area contributed by atoms with Gasteiger partial charge in [-0.05, 0) is 47.3 Å².